The summed E-state index contributed by atoms with van der Waals surface area (Å²) in [6.07, 6.45) is 6.40. The van der Waals surface area contributed by atoms with E-state index in [1.54, 1.807) is 6.20 Å². The molecule has 2 aromatic rings. The molecule has 0 aliphatic carbocycles. The van der Waals surface area contributed by atoms with Gasteiger partial charge in [0.25, 0.3) is 0 Å². The Morgan fingerprint density at radius 3 is 2.66 bits per heavy atom. The number of fused-ring (bicyclic) bond motifs is 7. The Kier molecular flexibility index (Phi) is 3.88. The molecule has 3 aliphatic rings. The molecule has 0 bridgehead atoms. The number of amides is 2. The molecule has 2 amide bonds. The van der Waals surface area contributed by atoms with Crippen molar-refractivity contribution in [2.24, 2.45) is 11.8 Å². The van der Waals surface area contributed by atoms with E-state index in [0.29, 0.717) is 6.42 Å². The zero-order valence-electron chi connectivity index (χ0n) is 16.7. The number of Topliss-reactive ketones (excluding diaryl/α,β-unsaturated/α-hetero) is 1. The second kappa shape index (κ2) is 6.24. The third-order valence-electron chi connectivity index (χ3n) is 6.72. The molecule has 5 atom stereocenters. The number of nitrogens with zero attached hydrogens (tertiary/aromatic N) is 3. The van der Waals surface area contributed by atoms with E-state index < -0.39 is 17.9 Å². The van der Waals surface area contributed by atoms with E-state index in [1.807, 2.05) is 55.2 Å². The highest BCUT2D eigenvalue weighted by Gasteiger charge is 2.64. The van der Waals surface area contributed by atoms with Crippen molar-refractivity contribution in [2.75, 3.05) is 4.90 Å². The first-order valence-electron chi connectivity index (χ1n) is 10.2. The predicted molar refractivity (Wildman–Crippen MR) is 110 cm³/mol. The summed E-state index contributed by atoms with van der Waals surface area (Å²) in [6.45, 7) is 5.37. The largest absolute Gasteiger partial charge is 0.351 e. The van der Waals surface area contributed by atoms with E-state index in [0.717, 1.165) is 22.2 Å². The van der Waals surface area contributed by atoms with Gasteiger partial charge in [0.15, 0.2) is 5.78 Å². The van der Waals surface area contributed by atoms with Crippen LogP contribution in [0.4, 0.5) is 5.69 Å². The number of aromatic nitrogens is 1. The lowest BCUT2D eigenvalue weighted by Gasteiger charge is -2.37. The maximum atomic E-state index is 13.3. The predicted octanol–water partition coefficient (Wildman–Crippen LogP) is 2.81. The summed E-state index contributed by atoms with van der Waals surface area (Å²) in [5.41, 5.74) is 2.60. The third kappa shape index (κ3) is 2.29. The average molecular weight is 389 g/mol. The first kappa shape index (κ1) is 18.0. The maximum Gasteiger partial charge on any atom is 0.235 e. The number of benzene rings is 1. The van der Waals surface area contributed by atoms with Gasteiger partial charge < -0.3 is 4.90 Å². The molecule has 2 fully saturated rings. The van der Waals surface area contributed by atoms with Crippen molar-refractivity contribution in [3.8, 4) is 0 Å². The Labute approximate surface area is 169 Å². The monoisotopic (exact) mass is 389 g/mol. The highest BCUT2D eigenvalue weighted by molar-refractivity contribution is 6.12. The smallest absolute Gasteiger partial charge is 0.235 e. The van der Waals surface area contributed by atoms with Gasteiger partial charge in [0.1, 0.15) is 6.04 Å². The van der Waals surface area contributed by atoms with Crippen LogP contribution in [0.3, 0.4) is 0 Å². The van der Waals surface area contributed by atoms with Crippen LogP contribution in [0.25, 0.3) is 17.0 Å². The van der Waals surface area contributed by atoms with Crippen molar-refractivity contribution in [3.63, 3.8) is 0 Å². The number of anilines is 1. The second-order valence-corrected chi connectivity index (χ2v) is 8.25. The second-order valence-electron chi connectivity index (χ2n) is 8.25. The average Bonchev–Trinajstić information content (AvgIpc) is 3.20. The summed E-state index contributed by atoms with van der Waals surface area (Å²) < 4.78 is 0. The molecule has 2 saturated heterocycles. The molecular weight excluding hydrogens is 366 g/mol. The summed E-state index contributed by atoms with van der Waals surface area (Å²) in [5, 5.41) is 0.971. The lowest BCUT2D eigenvalue weighted by Crippen LogP contribution is -2.49. The van der Waals surface area contributed by atoms with E-state index in [2.05, 4.69) is 4.98 Å². The zero-order chi connectivity index (χ0) is 20.4. The van der Waals surface area contributed by atoms with Gasteiger partial charge in [0, 0.05) is 17.6 Å². The van der Waals surface area contributed by atoms with Gasteiger partial charge in [-0.2, -0.15) is 0 Å². The number of hydrogen-bond acceptors (Lipinski definition) is 5. The summed E-state index contributed by atoms with van der Waals surface area (Å²) in [6, 6.07) is 6.73. The number of carbonyl (C=O) groups excluding carboxylic acids is 3. The van der Waals surface area contributed by atoms with Crippen LogP contribution in [0.15, 0.2) is 36.5 Å². The van der Waals surface area contributed by atoms with Crippen LogP contribution in [0, 0.1) is 11.8 Å². The van der Waals surface area contributed by atoms with Crippen molar-refractivity contribution >= 4 is 40.3 Å². The van der Waals surface area contributed by atoms with Gasteiger partial charge >= 0.3 is 0 Å². The first-order valence-corrected chi connectivity index (χ1v) is 10.2. The number of likely N-dealkylation sites (tertiary alicyclic amines) is 1. The van der Waals surface area contributed by atoms with E-state index in [1.165, 1.54) is 11.8 Å². The number of rotatable bonds is 3. The van der Waals surface area contributed by atoms with Gasteiger partial charge in [-0.15, -0.1) is 0 Å². The van der Waals surface area contributed by atoms with Crippen LogP contribution in [0.1, 0.15) is 32.8 Å². The molecule has 0 spiro atoms. The van der Waals surface area contributed by atoms with Gasteiger partial charge in [-0.1, -0.05) is 37.3 Å². The molecule has 1 aromatic heterocycles. The highest BCUT2D eigenvalue weighted by Crippen LogP contribution is 2.50. The Bertz CT molecular complexity index is 1090. The van der Waals surface area contributed by atoms with Gasteiger partial charge in [0.2, 0.25) is 11.8 Å². The molecule has 0 N–H and O–H groups in total. The SMILES string of the molecule is CC[C@H](C)N1C(=O)[C@@H]2[C@H](C1=O)[C@@H]1C=Cc3ccc4cccnc4c3N1[C@@H]2C(C)=O. The lowest BCUT2D eigenvalue weighted by molar-refractivity contribution is -0.143. The Morgan fingerprint density at radius 1 is 1.17 bits per heavy atom. The third-order valence-corrected chi connectivity index (χ3v) is 6.72. The molecule has 5 rings (SSSR count). The van der Waals surface area contributed by atoms with Crippen LogP contribution in [-0.2, 0) is 14.4 Å². The van der Waals surface area contributed by atoms with Crippen LogP contribution in [-0.4, -0.2) is 45.6 Å². The molecule has 0 unspecified atom stereocenters. The van der Waals surface area contributed by atoms with Crippen molar-refractivity contribution in [1.82, 2.24) is 9.88 Å². The highest BCUT2D eigenvalue weighted by atomic mass is 16.2. The molecule has 4 heterocycles. The van der Waals surface area contributed by atoms with Crippen molar-refractivity contribution in [3.05, 3.63) is 42.1 Å². The Balaban J connectivity index is 1.71. The number of pyridine rings is 1. The summed E-state index contributed by atoms with van der Waals surface area (Å²) in [7, 11) is 0. The van der Waals surface area contributed by atoms with E-state index in [-0.39, 0.29) is 29.7 Å². The van der Waals surface area contributed by atoms with Gasteiger partial charge in [0.05, 0.1) is 29.1 Å². The Hall–Kier alpha value is -3.02. The number of ketones is 1. The van der Waals surface area contributed by atoms with Crippen LogP contribution in [0.2, 0.25) is 0 Å². The van der Waals surface area contributed by atoms with Crippen LogP contribution >= 0.6 is 0 Å². The minimum atomic E-state index is -0.660. The molecular formula is C23H23N3O3. The van der Waals surface area contributed by atoms with Crippen molar-refractivity contribution in [1.29, 1.82) is 0 Å². The molecule has 6 nitrogen and oxygen atoms in total. The summed E-state index contributed by atoms with van der Waals surface area (Å²) in [4.78, 5) is 47.4. The standard InChI is InChI=1S/C23H23N3O3/c1-4-12(2)25-22(28)17-16-10-9-15-8-7-14-6-5-11-24-19(14)21(15)26(16)20(13(3)27)18(17)23(25)29/h5-12,16-18,20H,4H2,1-3H3/t12-,16-,17+,18+,20+/m0/s1. The number of carbonyl (C=O) groups is 3. The van der Waals surface area contributed by atoms with E-state index >= 15 is 0 Å². The number of imide groups is 1. The molecule has 0 radical (unpaired) electrons. The summed E-state index contributed by atoms with van der Waals surface area (Å²) in [5.74, 6) is -1.65. The topological polar surface area (TPSA) is 70.6 Å². The van der Waals surface area contributed by atoms with E-state index in [4.69, 9.17) is 0 Å². The molecule has 3 aliphatic heterocycles. The molecule has 148 valence electrons. The zero-order valence-corrected chi connectivity index (χ0v) is 16.7. The van der Waals surface area contributed by atoms with Crippen molar-refractivity contribution in [2.45, 2.75) is 45.3 Å². The molecule has 29 heavy (non-hydrogen) atoms. The summed E-state index contributed by atoms with van der Waals surface area (Å²) >= 11 is 0. The van der Waals surface area contributed by atoms with Gasteiger partial charge in [-0.3, -0.25) is 24.3 Å². The van der Waals surface area contributed by atoms with Crippen LogP contribution in [0.5, 0.6) is 0 Å². The van der Waals surface area contributed by atoms with Crippen LogP contribution < -0.4 is 4.90 Å². The minimum absolute atomic E-state index is 0.0937. The van der Waals surface area contributed by atoms with Crippen molar-refractivity contribution < 1.29 is 14.4 Å². The Morgan fingerprint density at radius 2 is 1.93 bits per heavy atom. The lowest BCUT2D eigenvalue weighted by atomic mass is 9.88. The maximum absolute atomic E-state index is 13.3. The van der Waals surface area contributed by atoms with Gasteiger partial charge in [-0.25, -0.2) is 0 Å². The minimum Gasteiger partial charge on any atom is -0.351 e. The molecule has 6 heteroatoms. The quantitative estimate of drug-likeness (QED) is 0.755. The molecule has 0 saturated carbocycles. The fourth-order valence-corrected chi connectivity index (χ4v) is 5.28. The van der Waals surface area contributed by atoms with E-state index in [9.17, 15) is 14.4 Å². The molecule has 1 aromatic carbocycles. The first-order chi connectivity index (χ1) is 14.0. The van der Waals surface area contributed by atoms with Gasteiger partial charge in [-0.05, 0) is 31.9 Å². The normalized spacial score (nSPS) is 28.5. The fraction of sp³-hybridized carbons (Fsp3) is 0.391. The number of hydrogen-bond donors (Lipinski definition) is 0. The fourth-order valence-electron chi connectivity index (χ4n) is 5.28.